The molecule has 0 unspecified atom stereocenters. The van der Waals surface area contributed by atoms with E-state index in [-0.39, 0.29) is 5.91 Å². The van der Waals surface area contributed by atoms with E-state index in [1.165, 1.54) is 5.56 Å². The second kappa shape index (κ2) is 7.88. The monoisotopic (exact) mass is 337 g/mol. The molecule has 0 aliphatic rings. The van der Waals surface area contributed by atoms with Gasteiger partial charge in [0.15, 0.2) is 5.65 Å². The summed E-state index contributed by atoms with van der Waals surface area (Å²) >= 11 is 0. The van der Waals surface area contributed by atoms with Crippen molar-refractivity contribution in [1.82, 2.24) is 24.8 Å². The highest BCUT2D eigenvalue weighted by Gasteiger charge is 2.11. The van der Waals surface area contributed by atoms with E-state index in [9.17, 15) is 4.79 Å². The van der Waals surface area contributed by atoms with Crippen LogP contribution in [0, 0.1) is 5.92 Å². The van der Waals surface area contributed by atoms with Gasteiger partial charge in [-0.2, -0.15) is 0 Å². The Labute approximate surface area is 147 Å². The van der Waals surface area contributed by atoms with Crippen LogP contribution in [0.1, 0.15) is 36.2 Å². The standard InChI is InChI=1S/C19H23N5O/c1-14(2)12-24-13-23-17-9-16(11-22-18(17)24)19(25)21-8-4-6-15-5-3-7-20-10-15/h3,5,7,9-11,13-14H,4,6,8,12H2,1-2H3,(H,21,25). The number of fused-ring (bicyclic) bond motifs is 1. The number of rotatable bonds is 7. The molecule has 0 spiro atoms. The fourth-order valence-electron chi connectivity index (χ4n) is 2.74. The lowest BCUT2D eigenvalue weighted by Gasteiger charge is -2.07. The van der Waals surface area contributed by atoms with Crippen LogP contribution in [0.2, 0.25) is 0 Å². The average Bonchev–Trinajstić information content (AvgIpc) is 3.01. The number of nitrogens with zero attached hydrogens (tertiary/aromatic N) is 4. The van der Waals surface area contributed by atoms with Gasteiger partial charge in [-0.05, 0) is 36.5 Å². The first-order valence-corrected chi connectivity index (χ1v) is 8.61. The minimum atomic E-state index is -0.112. The second-order valence-electron chi connectivity index (χ2n) is 6.58. The maximum Gasteiger partial charge on any atom is 0.252 e. The lowest BCUT2D eigenvalue weighted by Crippen LogP contribution is -2.25. The summed E-state index contributed by atoms with van der Waals surface area (Å²) in [6, 6.07) is 5.77. The fraction of sp³-hybridized carbons (Fsp3) is 0.368. The van der Waals surface area contributed by atoms with Gasteiger partial charge in [0.2, 0.25) is 0 Å². The van der Waals surface area contributed by atoms with Gasteiger partial charge in [0.05, 0.1) is 11.9 Å². The number of imidazole rings is 1. The van der Waals surface area contributed by atoms with Gasteiger partial charge in [0, 0.05) is 31.7 Å². The van der Waals surface area contributed by atoms with Gasteiger partial charge in [-0.25, -0.2) is 9.97 Å². The van der Waals surface area contributed by atoms with Crippen LogP contribution in [0.4, 0.5) is 0 Å². The molecule has 0 saturated heterocycles. The highest BCUT2D eigenvalue weighted by atomic mass is 16.1. The molecule has 6 nitrogen and oxygen atoms in total. The minimum Gasteiger partial charge on any atom is -0.352 e. The Morgan fingerprint density at radius 3 is 2.92 bits per heavy atom. The lowest BCUT2D eigenvalue weighted by atomic mass is 10.1. The third kappa shape index (κ3) is 4.41. The van der Waals surface area contributed by atoms with Crippen molar-refractivity contribution in [2.45, 2.75) is 33.2 Å². The quantitative estimate of drug-likeness (QED) is 0.673. The molecule has 0 radical (unpaired) electrons. The summed E-state index contributed by atoms with van der Waals surface area (Å²) in [5.41, 5.74) is 3.30. The first kappa shape index (κ1) is 17.1. The summed E-state index contributed by atoms with van der Waals surface area (Å²) in [6.45, 7) is 5.79. The molecule has 0 atom stereocenters. The predicted octanol–water partition coefficient (Wildman–Crippen LogP) is 2.84. The Hall–Kier alpha value is -2.76. The molecule has 0 bridgehead atoms. The van der Waals surface area contributed by atoms with Crippen molar-refractivity contribution >= 4 is 17.1 Å². The topological polar surface area (TPSA) is 72.7 Å². The molecule has 1 amide bonds. The minimum absolute atomic E-state index is 0.112. The van der Waals surface area contributed by atoms with E-state index in [0.29, 0.717) is 18.0 Å². The van der Waals surface area contributed by atoms with Crippen LogP contribution in [-0.2, 0) is 13.0 Å². The number of aryl methyl sites for hydroxylation is 1. The molecule has 3 heterocycles. The zero-order valence-corrected chi connectivity index (χ0v) is 14.6. The van der Waals surface area contributed by atoms with E-state index in [2.05, 4.69) is 34.1 Å². The van der Waals surface area contributed by atoms with Crippen molar-refractivity contribution in [2.75, 3.05) is 6.54 Å². The van der Waals surface area contributed by atoms with E-state index < -0.39 is 0 Å². The van der Waals surface area contributed by atoms with E-state index in [4.69, 9.17) is 0 Å². The van der Waals surface area contributed by atoms with Crippen LogP contribution in [0.3, 0.4) is 0 Å². The van der Waals surface area contributed by atoms with Crippen LogP contribution in [0.15, 0.2) is 43.1 Å². The van der Waals surface area contributed by atoms with Gasteiger partial charge in [-0.1, -0.05) is 19.9 Å². The Kier molecular flexibility index (Phi) is 5.38. The normalized spacial score (nSPS) is 11.2. The van der Waals surface area contributed by atoms with Gasteiger partial charge in [-0.15, -0.1) is 0 Å². The average molecular weight is 337 g/mol. The molecule has 0 aliphatic carbocycles. The summed E-state index contributed by atoms with van der Waals surface area (Å²) < 4.78 is 2.02. The molecule has 25 heavy (non-hydrogen) atoms. The molecule has 3 aromatic heterocycles. The van der Waals surface area contributed by atoms with E-state index in [1.54, 1.807) is 24.8 Å². The Morgan fingerprint density at radius 2 is 2.16 bits per heavy atom. The summed E-state index contributed by atoms with van der Waals surface area (Å²) in [4.78, 5) is 25.2. The number of amides is 1. The molecule has 6 heteroatoms. The van der Waals surface area contributed by atoms with Gasteiger partial charge in [0.1, 0.15) is 5.52 Å². The third-order valence-corrected chi connectivity index (χ3v) is 3.93. The number of carbonyl (C=O) groups is 1. The molecule has 0 fully saturated rings. The van der Waals surface area contributed by atoms with Crippen LogP contribution in [0.5, 0.6) is 0 Å². The Balaban J connectivity index is 1.56. The molecular weight excluding hydrogens is 314 g/mol. The zero-order valence-electron chi connectivity index (χ0n) is 14.6. The number of hydrogen-bond donors (Lipinski definition) is 1. The van der Waals surface area contributed by atoms with Crippen LogP contribution in [0.25, 0.3) is 11.2 Å². The zero-order chi connectivity index (χ0) is 17.6. The van der Waals surface area contributed by atoms with Gasteiger partial charge < -0.3 is 9.88 Å². The SMILES string of the molecule is CC(C)Cn1cnc2cc(C(=O)NCCCc3cccnc3)cnc21. The Morgan fingerprint density at radius 1 is 1.28 bits per heavy atom. The van der Waals surface area contributed by atoms with Gasteiger partial charge >= 0.3 is 0 Å². The van der Waals surface area contributed by atoms with Crippen molar-refractivity contribution < 1.29 is 4.79 Å². The van der Waals surface area contributed by atoms with Crippen molar-refractivity contribution in [3.05, 3.63) is 54.2 Å². The van der Waals surface area contributed by atoms with Gasteiger partial charge in [-0.3, -0.25) is 9.78 Å². The smallest absolute Gasteiger partial charge is 0.252 e. The molecule has 1 N–H and O–H groups in total. The number of pyridine rings is 2. The van der Waals surface area contributed by atoms with Crippen LogP contribution in [-0.4, -0.2) is 32.0 Å². The summed E-state index contributed by atoms with van der Waals surface area (Å²) in [5.74, 6) is 0.404. The van der Waals surface area contributed by atoms with Crippen molar-refractivity contribution in [3.63, 3.8) is 0 Å². The fourth-order valence-corrected chi connectivity index (χ4v) is 2.74. The first-order chi connectivity index (χ1) is 12.1. The summed E-state index contributed by atoms with van der Waals surface area (Å²) in [6.07, 6.45) is 8.79. The van der Waals surface area contributed by atoms with Gasteiger partial charge in [0.25, 0.3) is 5.91 Å². The van der Waals surface area contributed by atoms with E-state index in [0.717, 1.165) is 30.6 Å². The van der Waals surface area contributed by atoms with Crippen LogP contribution < -0.4 is 5.32 Å². The molecule has 3 aromatic rings. The molecule has 3 rings (SSSR count). The second-order valence-corrected chi connectivity index (χ2v) is 6.58. The molecule has 0 aliphatic heterocycles. The van der Waals surface area contributed by atoms with Crippen molar-refractivity contribution in [2.24, 2.45) is 5.92 Å². The molecule has 130 valence electrons. The number of hydrogen-bond acceptors (Lipinski definition) is 4. The summed E-state index contributed by atoms with van der Waals surface area (Å²) in [5, 5.41) is 2.94. The van der Waals surface area contributed by atoms with Crippen molar-refractivity contribution in [1.29, 1.82) is 0 Å². The highest BCUT2D eigenvalue weighted by molar-refractivity contribution is 5.96. The number of aromatic nitrogens is 4. The van der Waals surface area contributed by atoms with E-state index in [1.807, 2.05) is 22.9 Å². The largest absolute Gasteiger partial charge is 0.352 e. The predicted molar refractivity (Wildman–Crippen MR) is 97.3 cm³/mol. The maximum atomic E-state index is 12.3. The Bertz CT molecular complexity index is 841. The molecule has 0 saturated carbocycles. The number of nitrogens with one attached hydrogen (secondary N) is 1. The third-order valence-electron chi connectivity index (χ3n) is 3.93. The van der Waals surface area contributed by atoms with Crippen LogP contribution >= 0.6 is 0 Å². The first-order valence-electron chi connectivity index (χ1n) is 8.61. The van der Waals surface area contributed by atoms with E-state index >= 15 is 0 Å². The number of carbonyl (C=O) groups excluding carboxylic acids is 1. The molecule has 0 aromatic carbocycles. The highest BCUT2D eigenvalue weighted by Crippen LogP contribution is 2.13. The van der Waals surface area contributed by atoms with Crippen molar-refractivity contribution in [3.8, 4) is 0 Å². The maximum absolute atomic E-state index is 12.3. The lowest BCUT2D eigenvalue weighted by molar-refractivity contribution is 0.0953. The summed E-state index contributed by atoms with van der Waals surface area (Å²) in [7, 11) is 0. The molecular formula is C19H23N5O.